The fraction of sp³-hybridized carbons (Fsp3) is 0.400. The van der Waals surface area contributed by atoms with Crippen molar-refractivity contribution in [3.8, 4) is 0 Å². The third kappa shape index (κ3) is 3.17. The lowest BCUT2D eigenvalue weighted by molar-refractivity contribution is 0.583. The molecule has 0 saturated heterocycles. The Kier molecular flexibility index (Phi) is 4.29. The summed E-state index contributed by atoms with van der Waals surface area (Å²) in [6.07, 6.45) is 0.564. The van der Waals surface area contributed by atoms with Gasteiger partial charge in [0.1, 0.15) is 5.82 Å². The first kappa shape index (κ1) is 13.4. The lowest BCUT2D eigenvalue weighted by Gasteiger charge is -2.10. The monoisotopic (exact) mass is 265 g/mol. The van der Waals surface area contributed by atoms with Gasteiger partial charge in [0, 0.05) is 6.04 Å². The van der Waals surface area contributed by atoms with Crippen LogP contribution in [-0.4, -0.2) is 20.2 Å². The molecular weight excluding hydrogens is 253 g/mol. The Balaban J connectivity index is 3.03. The van der Waals surface area contributed by atoms with Crippen molar-refractivity contribution in [2.75, 3.05) is 5.75 Å². The molecule has 0 heterocycles. The van der Waals surface area contributed by atoms with Crippen LogP contribution >= 0.6 is 11.6 Å². The number of sulfone groups is 1. The zero-order valence-electron chi connectivity index (χ0n) is 8.78. The van der Waals surface area contributed by atoms with E-state index in [9.17, 15) is 12.8 Å². The summed E-state index contributed by atoms with van der Waals surface area (Å²) >= 11 is 5.52. The van der Waals surface area contributed by atoms with Gasteiger partial charge in [-0.25, -0.2) is 12.8 Å². The van der Waals surface area contributed by atoms with E-state index in [0.717, 1.165) is 12.1 Å². The molecule has 0 aliphatic heterocycles. The van der Waals surface area contributed by atoms with E-state index in [1.807, 2.05) is 0 Å². The van der Waals surface area contributed by atoms with E-state index < -0.39 is 21.7 Å². The Morgan fingerprint density at radius 1 is 1.50 bits per heavy atom. The van der Waals surface area contributed by atoms with Gasteiger partial charge in [0.2, 0.25) is 0 Å². The fourth-order valence-corrected chi connectivity index (χ4v) is 2.98. The van der Waals surface area contributed by atoms with Gasteiger partial charge in [-0.2, -0.15) is 0 Å². The van der Waals surface area contributed by atoms with E-state index in [4.69, 9.17) is 17.3 Å². The molecule has 90 valence electrons. The highest BCUT2D eigenvalue weighted by Crippen LogP contribution is 2.20. The predicted octanol–water partition coefficient (Wildman–Crippen LogP) is 1.99. The molecule has 0 fully saturated rings. The Morgan fingerprint density at radius 3 is 2.62 bits per heavy atom. The van der Waals surface area contributed by atoms with E-state index >= 15 is 0 Å². The van der Waals surface area contributed by atoms with E-state index in [2.05, 4.69) is 0 Å². The van der Waals surface area contributed by atoms with Gasteiger partial charge < -0.3 is 5.73 Å². The van der Waals surface area contributed by atoms with Crippen LogP contribution in [0.4, 0.5) is 4.39 Å². The third-order valence-electron chi connectivity index (χ3n) is 2.21. The molecule has 0 radical (unpaired) electrons. The molecule has 1 atom stereocenters. The summed E-state index contributed by atoms with van der Waals surface area (Å²) in [6.45, 7) is 1.80. The van der Waals surface area contributed by atoms with Gasteiger partial charge in [-0.1, -0.05) is 18.5 Å². The maximum atomic E-state index is 12.9. The summed E-state index contributed by atoms with van der Waals surface area (Å²) in [4.78, 5) is 0.00259. The maximum Gasteiger partial charge on any atom is 0.179 e. The van der Waals surface area contributed by atoms with E-state index in [1.54, 1.807) is 6.92 Å². The molecule has 3 nitrogen and oxygen atoms in total. The van der Waals surface area contributed by atoms with Gasteiger partial charge in [-0.3, -0.25) is 0 Å². The molecule has 2 N–H and O–H groups in total. The Hall–Kier alpha value is -0.650. The number of hydrogen-bond acceptors (Lipinski definition) is 3. The minimum Gasteiger partial charge on any atom is -0.327 e. The van der Waals surface area contributed by atoms with Gasteiger partial charge in [0.05, 0.1) is 15.7 Å². The molecule has 1 unspecified atom stereocenters. The normalized spacial score (nSPS) is 13.8. The van der Waals surface area contributed by atoms with Gasteiger partial charge in [0.25, 0.3) is 0 Å². The number of nitrogens with two attached hydrogens (primary N) is 1. The average molecular weight is 266 g/mol. The van der Waals surface area contributed by atoms with Crippen molar-refractivity contribution in [2.45, 2.75) is 24.3 Å². The largest absolute Gasteiger partial charge is 0.327 e. The quantitative estimate of drug-likeness (QED) is 0.847. The van der Waals surface area contributed by atoms with Gasteiger partial charge >= 0.3 is 0 Å². The first-order chi connectivity index (χ1) is 7.36. The Morgan fingerprint density at radius 2 is 2.12 bits per heavy atom. The van der Waals surface area contributed by atoms with E-state index in [-0.39, 0.29) is 15.7 Å². The van der Waals surface area contributed by atoms with Gasteiger partial charge in [0.15, 0.2) is 9.84 Å². The molecular formula is C10H13ClFNO2S. The van der Waals surface area contributed by atoms with E-state index in [0.29, 0.717) is 6.42 Å². The summed E-state index contributed by atoms with van der Waals surface area (Å²) in [5, 5.41) is -0.203. The fourth-order valence-electron chi connectivity index (χ4n) is 1.17. The molecule has 0 aliphatic rings. The van der Waals surface area contributed by atoms with Crippen molar-refractivity contribution in [3.05, 3.63) is 29.0 Å². The molecule has 0 amide bonds. The SMILES string of the molecule is CCC(N)CS(=O)(=O)c1ccc(F)c(Cl)c1. The van der Waals surface area contributed by atoms with Crippen LogP contribution in [0.5, 0.6) is 0 Å². The summed E-state index contributed by atoms with van der Waals surface area (Å²) in [7, 11) is -3.49. The highest BCUT2D eigenvalue weighted by Gasteiger charge is 2.19. The molecule has 6 heteroatoms. The van der Waals surface area contributed by atoms with Crippen LogP contribution < -0.4 is 5.73 Å². The molecule has 0 aliphatic carbocycles. The lowest BCUT2D eigenvalue weighted by atomic mass is 10.3. The second-order valence-electron chi connectivity index (χ2n) is 3.53. The minimum absolute atomic E-state index is 0.00259. The summed E-state index contributed by atoms with van der Waals surface area (Å²) in [5.41, 5.74) is 5.58. The van der Waals surface area contributed by atoms with Crippen molar-refractivity contribution in [1.29, 1.82) is 0 Å². The highest BCUT2D eigenvalue weighted by atomic mass is 35.5. The standard InChI is InChI=1S/C10H13ClFNO2S/c1-2-7(13)6-16(14,15)8-3-4-10(12)9(11)5-8/h3-5,7H,2,6,13H2,1H3. The first-order valence-corrected chi connectivity index (χ1v) is 6.83. The second-order valence-corrected chi connectivity index (χ2v) is 5.97. The number of hydrogen-bond donors (Lipinski definition) is 1. The third-order valence-corrected chi connectivity index (χ3v) is 4.34. The van der Waals surface area contributed by atoms with Gasteiger partial charge in [-0.15, -0.1) is 0 Å². The average Bonchev–Trinajstić information content (AvgIpc) is 2.21. The molecule has 0 saturated carbocycles. The number of halogens is 2. The molecule has 0 bridgehead atoms. The topological polar surface area (TPSA) is 60.2 Å². The van der Waals surface area contributed by atoms with E-state index in [1.165, 1.54) is 6.07 Å². The molecule has 0 aromatic heterocycles. The summed E-state index contributed by atoms with van der Waals surface area (Å²) in [6, 6.07) is 2.91. The number of rotatable bonds is 4. The van der Waals surface area contributed by atoms with Crippen LogP contribution in [0.15, 0.2) is 23.1 Å². The Labute approximate surface area is 99.3 Å². The van der Waals surface area contributed by atoms with Crippen LogP contribution in [0.25, 0.3) is 0 Å². The minimum atomic E-state index is -3.49. The van der Waals surface area contributed by atoms with Crippen LogP contribution in [0.3, 0.4) is 0 Å². The summed E-state index contributed by atoms with van der Waals surface area (Å²) in [5.74, 6) is -0.800. The van der Waals surface area contributed by atoms with Gasteiger partial charge in [-0.05, 0) is 24.6 Å². The molecule has 1 aromatic rings. The maximum absolute atomic E-state index is 12.9. The van der Waals surface area contributed by atoms with Crippen LogP contribution in [-0.2, 0) is 9.84 Å². The van der Waals surface area contributed by atoms with Crippen molar-refractivity contribution >= 4 is 21.4 Å². The van der Waals surface area contributed by atoms with Crippen molar-refractivity contribution in [1.82, 2.24) is 0 Å². The molecule has 1 rings (SSSR count). The van der Waals surface area contributed by atoms with Crippen LogP contribution in [0.1, 0.15) is 13.3 Å². The molecule has 1 aromatic carbocycles. The predicted molar refractivity (Wildman–Crippen MR) is 61.7 cm³/mol. The Bertz CT molecular complexity index is 476. The summed E-state index contributed by atoms with van der Waals surface area (Å²) < 4.78 is 36.5. The second kappa shape index (κ2) is 5.12. The van der Waals surface area contributed by atoms with Crippen molar-refractivity contribution in [2.24, 2.45) is 5.73 Å². The van der Waals surface area contributed by atoms with Crippen LogP contribution in [0, 0.1) is 5.82 Å². The molecule has 0 spiro atoms. The zero-order valence-corrected chi connectivity index (χ0v) is 10.4. The van der Waals surface area contributed by atoms with Crippen LogP contribution in [0.2, 0.25) is 5.02 Å². The zero-order chi connectivity index (χ0) is 12.3. The lowest BCUT2D eigenvalue weighted by Crippen LogP contribution is -2.28. The molecule has 16 heavy (non-hydrogen) atoms. The van der Waals surface area contributed by atoms with Crippen molar-refractivity contribution < 1.29 is 12.8 Å². The first-order valence-electron chi connectivity index (χ1n) is 4.80. The smallest absolute Gasteiger partial charge is 0.179 e. The van der Waals surface area contributed by atoms with Crippen molar-refractivity contribution in [3.63, 3.8) is 0 Å². The number of benzene rings is 1. The highest BCUT2D eigenvalue weighted by molar-refractivity contribution is 7.91.